The SMILES string of the molecule is O=C(O)NCC1(O)COC1. The van der Waals surface area contributed by atoms with Gasteiger partial charge in [-0.3, -0.25) is 0 Å². The first kappa shape index (κ1) is 7.30. The molecule has 0 aliphatic carbocycles. The average Bonchev–Trinajstić information content (AvgIpc) is 1.79. The number of carbonyl (C=O) groups is 1. The zero-order chi connectivity index (χ0) is 7.61. The van der Waals surface area contributed by atoms with Crippen molar-refractivity contribution < 1.29 is 19.7 Å². The summed E-state index contributed by atoms with van der Waals surface area (Å²) in [7, 11) is 0. The van der Waals surface area contributed by atoms with E-state index in [2.05, 4.69) is 10.1 Å². The second kappa shape index (κ2) is 2.43. The van der Waals surface area contributed by atoms with Crippen LogP contribution in [-0.2, 0) is 4.74 Å². The third-order valence-electron chi connectivity index (χ3n) is 1.31. The van der Waals surface area contributed by atoms with Gasteiger partial charge >= 0.3 is 6.09 Å². The van der Waals surface area contributed by atoms with Crippen molar-refractivity contribution in [3.05, 3.63) is 0 Å². The highest BCUT2D eigenvalue weighted by atomic mass is 16.5. The van der Waals surface area contributed by atoms with E-state index in [1.807, 2.05) is 0 Å². The Labute approximate surface area is 57.6 Å². The summed E-state index contributed by atoms with van der Waals surface area (Å²) < 4.78 is 4.69. The van der Waals surface area contributed by atoms with Crippen molar-refractivity contribution in [2.45, 2.75) is 5.60 Å². The van der Waals surface area contributed by atoms with Crippen molar-refractivity contribution in [2.24, 2.45) is 0 Å². The molecule has 0 aromatic carbocycles. The van der Waals surface area contributed by atoms with Crippen LogP contribution >= 0.6 is 0 Å². The minimum absolute atomic E-state index is 0.0440. The zero-order valence-corrected chi connectivity index (χ0v) is 5.33. The molecule has 0 saturated carbocycles. The van der Waals surface area contributed by atoms with Crippen molar-refractivity contribution >= 4 is 6.09 Å². The predicted octanol–water partition coefficient (Wildman–Crippen LogP) is -0.985. The molecule has 1 rings (SSSR count). The van der Waals surface area contributed by atoms with E-state index in [0.29, 0.717) is 0 Å². The topological polar surface area (TPSA) is 78.8 Å². The number of rotatable bonds is 2. The maximum atomic E-state index is 9.92. The molecule has 0 unspecified atom stereocenters. The van der Waals surface area contributed by atoms with Gasteiger partial charge in [-0.15, -0.1) is 0 Å². The number of hydrogen-bond donors (Lipinski definition) is 3. The normalized spacial score (nSPS) is 21.3. The Kier molecular flexibility index (Phi) is 1.78. The Morgan fingerprint density at radius 2 is 2.30 bits per heavy atom. The lowest BCUT2D eigenvalue weighted by atomic mass is 10.0. The van der Waals surface area contributed by atoms with Gasteiger partial charge in [-0.25, -0.2) is 4.79 Å². The van der Waals surface area contributed by atoms with Crippen molar-refractivity contribution in [2.75, 3.05) is 19.8 Å². The summed E-state index contributed by atoms with van der Waals surface area (Å²) in [6.45, 7) is 0.475. The molecule has 0 aromatic rings. The molecule has 1 heterocycles. The minimum atomic E-state index is -1.12. The van der Waals surface area contributed by atoms with E-state index in [1.54, 1.807) is 0 Å². The van der Waals surface area contributed by atoms with Crippen LogP contribution in [0.2, 0.25) is 0 Å². The maximum Gasteiger partial charge on any atom is 0.404 e. The summed E-state index contributed by atoms with van der Waals surface area (Å²) in [5, 5.41) is 19.4. The molecule has 10 heavy (non-hydrogen) atoms. The molecule has 1 aliphatic rings. The molecule has 1 fully saturated rings. The Bertz CT molecular complexity index is 143. The summed E-state index contributed by atoms with van der Waals surface area (Å²) in [5.41, 5.74) is -0.960. The number of carboxylic acid groups (broad SMARTS) is 1. The number of nitrogens with one attached hydrogen (secondary N) is 1. The number of hydrogen-bond acceptors (Lipinski definition) is 3. The smallest absolute Gasteiger partial charge is 0.404 e. The number of ether oxygens (including phenoxy) is 1. The van der Waals surface area contributed by atoms with E-state index < -0.39 is 11.7 Å². The first-order valence-electron chi connectivity index (χ1n) is 2.89. The van der Waals surface area contributed by atoms with Gasteiger partial charge in [-0.1, -0.05) is 0 Å². The van der Waals surface area contributed by atoms with Gasteiger partial charge in [0.15, 0.2) is 0 Å². The van der Waals surface area contributed by atoms with Crippen LogP contribution in [0.3, 0.4) is 0 Å². The molecule has 3 N–H and O–H groups in total. The van der Waals surface area contributed by atoms with Gasteiger partial charge in [0.25, 0.3) is 0 Å². The zero-order valence-electron chi connectivity index (χ0n) is 5.33. The molecule has 5 heteroatoms. The van der Waals surface area contributed by atoms with E-state index >= 15 is 0 Å². The second-order valence-electron chi connectivity index (χ2n) is 2.38. The lowest BCUT2D eigenvalue weighted by molar-refractivity contribution is -0.173. The average molecular weight is 147 g/mol. The number of amides is 1. The molecule has 0 atom stereocenters. The predicted molar refractivity (Wildman–Crippen MR) is 31.8 cm³/mol. The molecule has 0 aromatic heterocycles. The van der Waals surface area contributed by atoms with Gasteiger partial charge < -0.3 is 20.3 Å². The Morgan fingerprint density at radius 1 is 1.70 bits per heavy atom. The Hall–Kier alpha value is -0.810. The summed E-state index contributed by atoms with van der Waals surface area (Å²) in [6, 6.07) is 0. The molecule has 5 nitrogen and oxygen atoms in total. The van der Waals surface area contributed by atoms with Gasteiger partial charge in [0.1, 0.15) is 5.60 Å². The van der Waals surface area contributed by atoms with E-state index in [9.17, 15) is 9.90 Å². The van der Waals surface area contributed by atoms with E-state index in [4.69, 9.17) is 5.11 Å². The summed E-state index contributed by atoms with van der Waals surface area (Å²) in [5.74, 6) is 0. The molecule has 1 amide bonds. The lowest BCUT2D eigenvalue weighted by Gasteiger charge is -2.35. The third kappa shape index (κ3) is 1.58. The van der Waals surface area contributed by atoms with Gasteiger partial charge in [0.2, 0.25) is 0 Å². The molecule has 0 spiro atoms. The second-order valence-corrected chi connectivity index (χ2v) is 2.38. The molecular weight excluding hydrogens is 138 g/mol. The van der Waals surface area contributed by atoms with Gasteiger partial charge in [0, 0.05) is 0 Å². The number of aliphatic hydroxyl groups is 1. The first-order chi connectivity index (χ1) is 4.62. The largest absolute Gasteiger partial charge is 0.465 e. The fourth-order valence-corrected chi connectivity index (χ4v) is 0.680. The third-order valence-corrected chi connectivity index (χ3v) is 1.31. The van der Waals surface area contributed by atoms with Crippen LogP contribution in [0.4, 0.5) is 4.79 Å². The van der Waals surface area contributed by atoms with Crippen LogP contribution in [-0.4, -0.2) is 41.7 Å². The van der Waals surface area contributed by atoms with Gasteiger partial charge in [-0.2, -0.15) is 0 Å². The van der Waals surface area contributed by atoms with E-state index in [0.717, 1.165) is 0 Å². The lowest BCUT2D eigenvalue weighted by Crippen LogP contribution is -2.56. The van der Waals surface area contributed by atoms with Crippen molar-refractivity contribution in [3.63, 3.8) is 0 Å². The minimum Gasteiger partial charge on any atom is -0.465 e. The molecule has 58 valence electrons. The molecule has 0 bridgehead atoms. The molecule has 1 saturated heterocycles. The summed E-state index contributed by atoms with van der Waals surface area (Å²) in [6.07, 6.45) is -1.12. The van der Waals surface area contributed by atoms with Crippen LogP contribution in [0.25, 0.3) is 0 Å². The highest BCUT2D eigenvalue weighted by Gasteiger charge is 2.36. The van der Waals surface area contributed by atoms with Crippen LogP contribution in [0.15, 0.2) is 0 Å². The van der Waals surface area contributed by atoms with Crippen LogP contribution in [0.5, 0.6) is 0 Å². The van der Waals surface area contributed by atoms with Crippen LogP contribution in [0.1, 0.15) is 0 Å². The van der Waals surface area contributed by atoms with Gasteiger partial charge in [-0.05, 0) is 0 Å². The highest BCUT2D eigenvalue weighted by molar-refractivity contribution is 5.64. The maximum absolute atomic E-state index is 9.92. The Morgan fingerprint density at radius 3 is 2.60 bits per heavy atom. The Balaban J connectivity index is 2.18. The summed E-state index contributed by atoms with van der Waals surface area (Å²) >= 11 is 0. The fourth-order valence-electron chi connectivity index (χ4n) is 0.680. The van der Waals surface area contributed by atoms with Gasteiger partial charge in [0.05, 0.1) is 19.8 Å². The fraction of sp³-hybridized carbons (Fsp3) is 0.800. The summed E-state index contributed by atoms with van der Waals surface area (Å²) in [4.78, 5) is 9.92. The molecule has 1 aliphatic heterocycles. The van der Waals surface area contributed by atoms with Crippen LogP contribution < -0.4 is 5.32 Å². The molecule has 0 radical (unpaired) electrons. The van der Waals surface area contributed by atoms with Crippen molar-refractivity contribution in [1.82, 2.24) is 5.32 Å². The van der Waals surface area contributed by atoms with E-state index in [1.165, 1.54) is 0 Å². The van der Waals surface area contributed by atoms with E-state index in [-0.39, 0.29) is 19.8 Å². The van der Waals surface area contributed by atoms with Crippen molar-refractivity contribution in [3.8, 4) is 0 Å². The van der Waals surface area contributed by atoms with Crippen LogP contribution in [0, 0.1) is 0 Å². The quantitative estimate of drug-likeness (QED) is 0.469. The monoisotopic (exact) mass is 147 g/mol. The standard InChI is InChI=1S/C5H9NO4/c7-4(8)6-1-5(9)2-10-3-5/h6,9H,1-3H2,(H,7,8). The highest BCUT2D eigenvalue weighted by Crippen LogP contribution is 2.14. The van der Waals surface area contributed by atoms with Crippen molar-refractivity contribution in [1.29, 1.82) is 0 Å². The molecular formula is C5H9NO4. The first-order valence-corrected chi connectivity index (χ1v) is 2.89.